The quantitative estimate of drug-likeness (QED) is 0.182. The Morgan fingerprint density at radius 3 is 1.76 bits per heavy atom. The van der Waals surface area contributed by atoms with Gasteiger partial charge in [-0.3, -0.25) is 4.79 Å². The van der Waals surface area contributed by atoms with Crippen LogP contribution in [0.1, 0.15) is 78.1 Å². The number of carbonyl (C=O) groups excluding carboxylic acids is 1. The van der Waals surface area contributed by atoms with Crippen LogP contribution < -0.4 is 29.6 Å². The second kappa shape index (κ2) is 16.3. The Hall–Kier alpha value is 0.120. The van der Waals surface area contributed by atoms with E-state index in [-0.39, 0.29) is 42.0 Å². The topological polar surface area (TPSA) is 77.5 Å². The minimum atomic E-state index is -4.30. The maximum atomic E-state index is 12.0. The third kappa shape index (κ3) is 17.3. The molecule has 1 amide bonds. The molecule has 0 unspecified atom stereocenters. The molecule has 5 nitrogen and oxygen atoms in total. The zero-order chi connectivity index (χ0) is 18.4. The molecule has 0 atom stereocenters. The Morgan fingerprint density at radius 2 is 1.36 bits per heavy atom. The SMILES string of the molecule is C=C(C)C(=O)N(CCCCCCCCCCCC)CCS(=O)(=O)[O-].[Na+]. The van der Waals surface area contributed by atoms with E-state index < -0.39 is 15.9 Å². The summed E-state index contributed by atoms with van der Waals surface area (Å²) < 4.78 is 32.3. The van der Waals surface area contributed by atoms with E-state index in [0.29, 0.717) is 12.1 Å². The maximum absolute atomic E-state index is 12.0. The molecule has 0 saturated heterocycles. The molecule has 0 N–H and O–H groups in total. The first-order valence-corrected chi connectivity index (χ1v) is 10.7. The van der Waals surface area contributed by atoms with Gasteiger partial charge in [-0.05, 0) is 13.3 Å². The molecule has 0 aromatic carbocycles. The van der Waals surface area contributed by atoms with Gasteiger partial charge < -0.3 is 9.45 Å². The average Bonchev–Trinajstić information content (AvgIpc) is 2.50. The first-order valence-electron chi connectivity index (χ1n) is 9.16. The summed E-state index contributed by atoms with van der Waals surface area (Å²) in [6.45, 7) is 7.85. The predicted molar refractivity (Wildman–Crippen MR) is 97.8 cm³/mol. The van der Waals surface area contributed by atoms with Gasteiger partial charge in [0.05, 0.1) is 15.9 Å². The van der Waals surface area contributed by atoms with Crippen LogP contribution in [-0.4, -0.2) is 42.6 Å². The van der Waals surface area contributed by atoms with Crippen molar-refractivity contribution in [1.82, 2.24) is 4.90 Å². The van der Waals surface area contributed by atoms with E-state index in [4.69, 9.17) is 0 Å². The Bertz CT molecular complexity index is 466. The van der Waals surface area contributed by atoms with E-state index in [1.807, 2.05) is 0 Å². The summed E-state index contributed by atoms with van der Waals surface area (Å²) in [5, 5.41) is 0. The number of rotatable bonds is 15. The molecule has 0 saturated carbocycles. The molecule has 0 radical (unpaired) electrons. The molecular formula is C18H34NNaO4S. The number of amides is 1. The Labute approximate surface area is 176 Å². The van der Waals surface area contributed by atoms with E-state index in [1.165, 1.54) is 49.8 Å². The van der Waals surface area contributed by atoms with Crippen molar-refractivity contribution in [2.24, 2.45) is 0 Å². The first kappa shape index (κ1) is 27.3. The fraction of sp³-hybridized carbons (Fsp3) is 0.833. The Morgan fingerprint density at radius 1 is 0.920 bits per heavy atom. The third-order valence-electron chi connectivity index (χ3n) is 4.05. The van der Waals surface area contributed by atoms with Crippen LogP contribution in [-0.2, 0) is 14.9 Å². The molecule has 0 rings (SSSR count). The summed E-state index contributed by atoms with van der Waals surface area (Å²) in [5.41, 5.74) is 0.366. The molecule has 142 valence electrons. The van der Waals surface area contributed by atoms with Gasteiger partial charge in [-0.2, -0.15) is 0 Å². The van der Waals surface area contributed by atoms with Gasteiger partial charge >= 0.3 is 29.6 Å². The van der Waals surface area contributed by atoms with Crippen molar-refractivity contribution < 1.29 is 47.3 Å². The van der Waals surface area contributed by atoms with Crippen LogP contribution >= 0.6 is 0 Å². The fourth-order valence-electron chi connectivity index (χ4n) is 2.60. The fourth-order valence-corrected chi connectivity index (χ4v) is 3.04. The molecule has 0 bridgehead atoms. The summed E-state index contributed by atoms with van der Waals surface area (Å²) in [6, 6.07) is 0. The van der Waals surface area contributed by atoms with Crippen LogP contribution in [0, 0.1) is 0 Å². The van der Waals surface area contributed by atoms with Crippen molar-refractivity contribution >= 4 is 16.0 Å². The number of unbranched alkanes of at least 4 members (excludes halogenated alkanes) is 9. The van der Waals surface area contributed by atoms with Crippen molar-refractivity contribution in [3.63, 3.8) is 0 Å². The van der Waals surface area contributed by atoms with Crippen LogP contribution in [0.2, 0.25) is 0 Å². The van der Waals surface area contributed by atoms with E-state index in [0.717, 1.165) is 19.3 Å². The Balaban J connectivity index is 0. The average molecular weight is 384 g/mol. The van der Waals surface area contributed by atoms with Gasteiger partial charge in [0, 0.05) is 18.7 Å². The van der Waals surface area contributed by atoms with E-state index in [2.05, 4.69) is 13.5 Å². The van der Waals surface area contributed by atoms with Crippen molar-refractivity contribution in [1.29, 1.82) is 0 Å². The summed E-state index contributed by atoms with van der Waals surface area (Å²) in [4.78, 5) is 13.4. The minimum absolute atomic E-state index is 0. The summed E-state index contributed by atoms with van der Waals surface area (Å²) in [6.07, 6.45) is 12.0. The van der Waals surface area contributed by atoms with Crippen LogP contribution in [0.15, 0.2) is 12.2 Å². The van der Waals surface area contributed by atoms with Gasteiger partial charge in [-0.25, -0.2) is 8.42 Å². The number of carbonyl (C=O) groups is 1. The standard InChI is InChI=1S/C18H35NO4S.Na/c1-4-5-6-7-8-9-10-11-12-13-14-19(18(20)17(2)3)15-16-24(21,22)23;/h2,4-16H2,1,3H3,(H,21,22,23);/q;+1/p-1. The van der Waals surface area contributed by atoms with Gasteiger partial charge in [0.15, 0.2) is 0 Å². The zero-order valence-electron chi connectivity index (χ0n) is 16.4. The third-order valence-corrected chi connectivity index (χ3v) is 4.73. The molecule has 0 heterocycles. The van der Waals surface area contributed by atoms with Gasteiger partial charge in [-0.15, -0.1) is 0 Å². The number of hydrogen-bond acceptors (Lipinski definition) is 4. The van der Waals surface area contributed by atoms with Gasteiger partial charge in [0.2, 0.25) is 5.91 Å². The molecule has 0 aliphatic rings. The largest absolute Gasteiger partial charge is 1.00 e. The first-order chi connectivity index (χ1) is 11.3. The predicted octanol–water partition coefficient (Wildman–Crippen LogP) is 0.861. The molecule has 7 heteroatoms. The van der Waals surface area contributed by atoms with Gasteiger partial charge in [0.25, 0.3) is 0 Å². The van der Waals surface area contributed by atoms with Crippen LogP contribution in [0.5, 0.6) is 0 Å². The second-order valence-electron chi connectivity index (χ2n) is 6.52. The molecule has 0 aromatic heterocycles. The van der Waals surface area contributed by atoms with Crippen LogP contribution in [0.25, 0.3) is 0 Å². The Kier molecular flexibility index (Phi) is 17.8. The number of nitrogens with zero attached hydrogens (tertiary/aromatic N) is 1. The monoisotopic (exact) mass is 383 g/mol. The molecule has 0 aromatic rings. The van der Waals surface area contributed by atoms with Crippen molar-refractivity contribution in [2.45, 2.75) is 78.1 Å². The molecular weight excluding hydrogens is 349 g/mol. The van der Waals surface area contributed by atoms with E-state index in [9.17, 15) is 17.8 Å². The second-order valence-corrected chi connectivity index (χ2v) is 8.04. The van der Waals surface area contributed by atoms with Crippen molar-refractivity contribution in [2.75, 3.05) is 18.8 Å². The van der Waals surface area contributed by atoms with Gasteiger partial charge in [0.1, 0.15) is 0 Å². The molecule has 25 heavy (non-hydrogen) atoms. The van der Waals surface area contributed by atoms with Crippen molar-refractivity contribution in [3.8, 4) is 0 Å². The normalized spacial score (nSPS) is 11.0. The van der Waals surface area contributed by atoms with E-state index >= 15 is 0 Å². The summed E-state index contributed by atoms with van der Waals surface area (Å²) >= 11 is 0. The van der Waals surface area contributed by atoms with Gasteiger partial charge in [-0.1, -0.05) is 71.3 Å². The van der Waals surface area contributed by atoms with Crippen LogP contribution in [0.3, 0.4) is 0 Å². The smallest absolute Gasteiger partial charge is 0.748 e. The minimum Gasteiger partial charge on any atom is -0.748 e. The zero-order valence-corrected chi connectivity index (χ0v) is 19.2. The summed E-state index contributed by atoms with van der Waals surface area (Å²) in [7, 11) is -4.30. The summed E-state index contributed by atoms with van der Waals surface area (Å²) in [5.74, 6) is -0.807. The van der Waals surface area contributed by atoms with Crippen molar-refractivity contribution in [3.05, 3.63) is 12.2 Å². The maximum Gasteiger partial charge on any atom is 1.00 e. The number of hydrogen-bond donors (Lipinski definition) is 0. The van der Waals surface area contributed by atoms with E-state index in [1.54, 1.807) is 6.92 Å². The van der Waals surface area contributed by atoms with Crippen LogP contribution in [0.4, 0.5) is 0 Å². The molecule has 0 aliphatic carbocycles. The molecule has 0 aliphatic heterocycles. The molecule has 0 spiro atoms. The molecule has 0 fully saturated rings.